The van der Waals surface area contributed by atoms with Crippen LogP contribution >= 0.6 is 0 Å². The van der Waals surface area contributed by atoms with Gasteiger partial charge in [-0.05, 0) is 0 Å². The molecule has 0 saturated carbocycles. The first-order valence-electron chi connectivity index (χ1n) is 2.15. The Balaban J connectivity index is 3.91. The normalized spacial score (nSPS) is 10.9. The van der Waals surface area contributed by atoms with Crippen LogP contribution < -0.4 is 0 Å². The molecule has 1 N–H and O–H groups in total. The first kappa shape index (κ1) is 8.55. The average Bonchev–Trinajstić information content (AvgIpc) is 1.62. The molecule has 5 nitrogen and oxygen atoms in total. The Morgan fingerprint density at radius 2 is 2.11 bits per heavy atom. The minimum atomic E-state index is -5.25. The van der Waals surface area contributed by atoms with Crippen LogP contribution in [0.25, 0.3) is 0 Å². The number of hydrogen-bond donors (Lipinski definition) is 1. The predicted molar refractivity (Wildman–Crippen MR) is 25.7 cm³/mol. The zero-order valence-corrected chi connectivity index (χ0v) is 6.41. The molecule has 0 saturated heterocycles. The van der Waals surface area contributed by atoms with Gasteiger partial charge in [0, 0.05) is 0 Å². The van der Waals surface area contributed by atoms with Crippen molar-refractivity contribution in [2.75, 3.05) is 0 Å². The molecule has 0 radical (unpaired) electrons. The zero-order valence-electron chi connectivity index (χ0n) is 4.70. The van der Waals surface area contributed by atoms with Crippen molar-refractivity contribution in [1.82, 2.24) is 0 Å². The van der Waals surface area contributed by atoms with E-state index >= 15 is 0 Å². The molecule has 0 fully saturated rings. The summed E-state index contributed by atoms with van der Waals surface area (Å²) < 4.78 is 31.0. The van der Waals surface area contributed by atoms with Crippen molar-refractivity contribution in [1.29, 1.82) is 0 Å². The third-order valence-electron chi connectivity index (χ3n) is 0.487. The van der Waals surface area contributed by atoms with Gasteiger partial charge in [-0.3, -0.25) is 0 Å². The van der Waals surface area contributed by atoms with Gasteiger partial charge in [-0.15, -0.1) is 0 Å². The van der Waals surface area contributed by atoms with E-state index in [0.717, 1.165) is 0 Å². The predicted octanol–water partition coefficient (Wildman–Crippen LogP) is -0.772. The first-order valence-corrected chi connectivity index (χ1v) is 5.02. The Bertz CT molecular complexity index is 190. The van der Waals surface area contributed by atoms with Crippen LogP contribution in [0, 0.1) is 0 Å². The molecule has 0 aliphatic carbocycles. The van der Waals surface area contributed by atoms with E-state index in [1.54, 1.807) is 0 Å². The van der Waals surface area contributed by atoms with Gasteiger partial charge in [0.25, 0.3) is 0 Å². The van der Waals surface area contributed by atoms with Crippen LogP contribution in [0.3, 0.4) is 0 Å². The van der Waals surface area contributed by atoms with E-state index < -0.39 is 19.3 Å². The molecular weight excluding hydrogens is 195 g/mol. The Labute approximate surface area is 53.9 Å². The summed E-state index contributed by atoms with van der Waals surface area (Å²) in [6.45, 7) is 1.42. The van der Waals surface area contributed by atoms with Gasteiger partial charge in [0.2, 0.25) is 0 Å². The topological polar surface area (TPSA) is 80.7 Å². The molecule has 0 unspecified atom stereocenters. The molecule has 0 rings (SSSR count). The minimum absolute atomic E-state index is 0.0653. The van der Waals surface area contributed by atoms with Crippen molar-refractivity contribution in [3.63, 3.8) is 0 Å². The third kappa shape index (κ3) is 5.42. The molecule has 0 aromatic rings. The van der Waals surface area contributed by atoms with Crippen LogP contribution in [0.2, 0.25) is 0 Å². The van der Waals surface area contributed by atoms with Gasteiger partial charge in [0.05, 0.1) is 0 Å². The van der Waals surface area contributed by atoms with Crippen molar-refractivity contribution in [2.45, 2.75) is 13.3 Å². The van der Waals surface area contributed by atoms with E-state index in [1.165, 1.54) is 6.92 Å². The van der Waals surface area contributed by atoms with Crippen LogP contribution in [0.1, 0.15) is 13.3 Å². The van der Waals surface area contributed by atoms with Crippen molar-refractivity contribution < 1.29 is 20.5 Å². The molecule has 0 aromatic heterocycles. The van der Waals surface area contributed by atoms with E-state index in [1.807, 2.05) is 0 Å². The summed E-state index contributed by atoms with van der Waals surface area (Å²) in [6.07, 6.45) is -0.0653. The number of carbonyl (C=O) groups is 1. The second-order valence-corrected chi connectivity index (χ2v) is 3.38. The first-order chi connectivity index (χ1) is 3.95. The summed E-state index contributed by atoms with van der Waals surface area (Å²) in [6, 6.07) is 0. The van der Waals surface area contributed by atoms with Gasteiger partial charge in [-0.2, -0.15) is 0 Å². The summed E-state index contributed by atoms with van der Waals surface area (Å²) >= 11 is -5.25. The average molecular weight is 201 g/mol. The molecule has 0 heterocycles. The van der Waals surface area contributed by atoms with Gasteiger partial charge in [-0.1, -0.05) is 0 Å². The summed E-state index contributed by atoms with van der Waals surface area (Å²) in [5, 5.41) is 0. The Kier molecular flexibility index (Phi) is 2.76. The standard InChI is InChI=1S/C3H6O5Se/c1-2-3(4)8-9(5,6)7/h2H2,1H3,(H,5,6,7). The van der Waals surface area contributed by atoms with Crippen LogP contribution in [-0.4, -0.2) is 23.5 Å². The molecule has 0 aliphatic heterocycles. The quantitative estimate of drug-likeness (QED) is 0.593. The van der Waals surface area contributed by atoms with Gasteiger partial charge >= 0.3 is 53.2 Å². The zero-order chi connectivity index (χ0) is 7.49. The molecule has 0 aromatic carbocycles. The van der Waals surface area contributed by atoms with Crippen LogP contribution in [-0.2, 0) is 16.3 Å². The molecule has 6 heteroatoms. The Morgan fingerprint density at radius 3 is 2.22 bits per heavy atom. The van der Waals surface area contributed by atoms with Gasteiger partial charge in [0.1, 0.15) is 0 Å². The Hall–Kier alpha value is -0.451. The fourth-order valence-electron chi connectivity index (χ4n) is 0.176. The second kappa shape index (κ2) is 2.91. The summed E-state index contributed by atoms with van der Waals surface area (Å²) in [5.41, 5.74) is 0. The fraction of sp³-hybridized carbons (Fsp3) is 0.667. The fourth-order valence-corrected chi connectivity index (χ4v) is 0.917. The summed E-state index contributed by atoms with van der Waals surface area (Å²) in [7, 11) is 0. The van der Waals surface area contributed by atoms with Crippen molar-refractivity contribution in [3.8, 4) is 0 Å². The maximum absolute atomic E-state index is 10.1. The van der Waals surface area contributed by atoms with Crippen LogP contribution in [0.5, 0.6) is 0 Å². The molecule has 9 heavy (non-hydrogen) atoms. The van der Waals surface area contributed by atoms with Crippen molar-refractivity contribution in [2.24, 2.45) is 0 Å². The molecule has 0 aliphatic rings. The SMILES string of the molecule is CCC(=O)O[Se](=O)(=O)O. The molecular formula is C3H6O5Se. The monoisotopic (exact) mass is 202 g/mol. The van der Waals surface area contributed by atoms with Crippen LogP contribution in [0.15, 0.2) is 0 Å². The van der Waals surface area contributed by atoms with E-state index in [-0.39, 0.29) is 6.42 Å². The van der Waals surface area contributed by atoms with E-state index in [4.69, 9.17) is 4.19 Å². The number of rotatable bonds is 2. The molecule has 0 spiro atoms. The van der Waals surface area contributed by atoms with Gasteiger partial charge in [-0.25, -0.2) is 0 Å². The van der Waals surface area contributed by atoms with Gasteiger partial charge in [0.15, 0.2) is 0 Å². The summed E-state index contributed by atoms with van der Waals surface area (Å²) in [4.78, 5) is 10.1. The van der Waals surface area contributed by atoms with Crippen molar-refractivity contribution in [3.05, 3.63) is 0 Å². The van der Waals surface area contributed by atoms with E-state index in [2.05, 4.69) is 3.82 Å². The van der Waals surface area contributed by atoms with E-state index in [0.29, 0.717) is 0 Å². The molecule has 0 atom stereocenters. The second-order valence-electron chi connectivity index (χ2n) is 1.24. The van der Waals surface area contributed by atoms with Crippen molar-refractivity contribution >= 4 is 19.3 Å². The van der Waals surface area contributed by atoms with E-state index in [9.17, 15) is 12.5 Å². The third-order valence-corrected chi connectivity index (χ3v) is 1.32. The number of hydrogen-bond acceptors (Lipinski definition) is 4. The maximum atomic E-state index is 10.1. The van der Waals surface area contributed by atoms with Gasteiger partial charge < -0.3 is 0 Å². The summed E-state index contributed by atoms with van der Waals surface area (Å²) in [5.74, 6) is -0.942. The molecule has 0 bridgehead atoms. The Morgan fingerprint density at radius 1 is 1.67 bits per heavy atom. The van der Waals surface area contributed by atoms with Crippen LogP contribution in [0.4, 0.5) is 0 Å². The molecule has 0 amide bonds. The number of carbonyl (C=O) groups excluding carboxylic acids is 1. The molecule has 54 valence electrons.